The Morgan fingerprint density at radius 2 is 1.58 bits per heavy atom. The monoisotopic (exact) mass is 470 g/mol. The molecule has 4 nitrogen and oxygen atoms in total. The van der Waals surface area contributed by atoms with Gasteiger partial charge in [0.15, 0.2) is 0 Å². The molecule has 2 N–H and O–H groups in total. The van der Waals surface area contributed by atoms with E-state index in [1.807, 2.05) is 12.1 Å². The van der Waals surface area contributed by atoms with E-state index in [9.17, 15) is 0 Å². The SMILES string of the molecule is CCCCCC#Cc1cccc(Cn2c(-c3ccccc3)c(-c3ccccc3)c3c(N)ncnc32)c1. The number of unbranched alkanes of at least 4 members (excludes halogenated alkanes) is 3. The summed E-state index contributed by atoms with van der Waals surface area (Å²) < 4.78 is 2.26. The number of fused-ring (bicyclic) bond motifs is 1. The maximum atomic E-state index is 6.48. The standard InChI is InChI=1S/C32H30N4/c1-2-3-4-5-8-14-24-15-13-16-25(21-24)22-36-30(27-19-11-7-12-20-27)28(26-17-9-6-10-18-26)29-31(33)34-23-35-32(29)36/h6-7,9-13,15-21,23H,2-5,22H2,1H3,(H2,33,34,35). The van der Waals surface area contributed by atoms with Crippen LogP contribution < -0.4 is 5.73 Å². The van der Waals surface area contributed by atoms with E-state index in [-0.39, 0.29) is 0 Å². The van der Waals surface area contributed by atoms with Crippen molar-refractivity contribution in [1.82, 2.24) is 14.5 Å². The van der Waals surface area contributed by atoms with Gasteiger partial charge in [0.25, 0.3) is 0 Å². The van der Waals surface area contributed by atoms with Crippen LogP contribution in [-0.2, 0) is 6.54 Å². The topological polar surface area (TPSA) is 56.7 Å². The molecule has 5 rings (SSSR count). The van der Waals surface area contributed by atoms with Gasteiger partial charge in [-0.1, -0.05) is 104 Å². The first-order valence-corrected chi connectivity index (χ1v) is 12.6. The molecule has 5 aromatic rings. The fourth-order valence-electron chi connectivity index (χ4n) is 4.69. The molecule has 4 heteroatoms. The molecule has 0 radical (unpaired) electrons. The normalized spacial score (nSPS) is 10.8. The van der Waals surface area contributed by atoms with Crippen LogP contribution in [0.2, 0.25) is 0 Å². The van der Waals surface area contributed by atoms with E-state index in [1.54, 1.807) is 6.33 Å². The fourth-order valence-corrected chi connectivity index (χ4v) is 4.69. The van der Waals surface area contributed by atoms with Gasteiger partial charge < -0.3 is 10.3 Å². The van der Waals surface area contributed by atoms with Crippen LogP contribution in [0.4, 0.5) is 5.82 Å². The first-order valence-electron chi connectivity index (χ1n) is 12.6. The Morgan fingerprint density at radius 1 is 0.833 bits per heavy atom. The fraction of sp³-hybridized carbons (Fsp3) is 0.188. The number of benzene rings is 3. The second-order valence-electron chi connectivity index (χ2n) is 8.96. The quantitative estimate of drug-likeness (QED) is 0.200. The molecule has 0 spiro atoms. The second-order valence-corrected chi connectivity index (χ2v) is 8.96. The largest absolute Gasteiger partial charge is 0.383 e. The zero-order chi connectivity index (χ0) is 24.7. The summed E-state index contributed by atoms with van der Waals surface area (Å²) in [7, 11) is 0. The molecule has 36 heavy (non-hydrogen) atoms. The number of nitrogens with two attached hydrogens (primary N) is 1. The van der Waals surface area contributed by atoms with E-state index in [2.05, 4.69) is 101 Å². The highest BCUT2D eigenvalue weighted by Crippen LogP contribution is 2.42. The number of nitrogens with zero attached hydrogens (tertiary/aromatic N) is 3. The zero-order valence-electron chi connectivity index (χ0n) is 20.6. The molecular weight excluding hydrogens is 440 g/mol. The lowest BCUT2D eigenvalue weighted by molar-refractivity contribution is 0.737. The first-order chi connectivity index (χ1) is 17.8. The number of hydrogen-bond donors (Lipinski definition) is 1. The molecule has 0 atom stereocenters. The number of rotatable bonds is 7. The summed E-state index contributed by atoms with van der Waals surface area (Å²) in [6.45, 7) is 2.86. The average molecular weight is 471 g/mol. The molecule has 0 aliphatic rings. The molecular formula is C32H30N4. The molecule has 0 bridgehead atoms. The number of anilines is 1. The predicted molar refractivity (Wildman–Crippen MR) is 149 cm³/mol. The minimum atomic E-state index is 0.487. The number of aromatic nitrogens is 3. The van der Waals surface area contributed by atoms with E-state index < -0.39 is 0 Å². The van der Waals surface area contributed by atoms with Crippen molar-refractivity contribution in [3.05, 3.63) is 102 Å². The maximum Gasteiger partial charge on any atom is 0.146 e. The first kappa shape index (κ1) is 23.4. The second kappa shape index (κ2) is 10.9. The lowest BCUT2D eigenvalue weighted by Crippen LogP contribution is -2.04. The minimum Gasteiger partial charge on any atom is -0.383 e. The Labute approximate surface area is 212 Å². The summed E-state index contributed by atoms with van der Waals surface area (Å²) in [6, 6.07) is 29.3. The third-order valence-corrected chi connectivity index (χ3v) is 6.38. The van der Waals surface area contributed by atoms with Crippen LogP contribution in [0.3, 0.4) is 0 Å². The molecule has 0 aliphatic heterocycles. The molecule has 0 fully saturated rings. The predicted octanol–water partition coefficient (Wildman–Crippen LogP) is 7.33. The summed E-state index contributed by atoms with van der Waals surface area (Å²) in [4.78, 5) is 9.07. The van der Waals surface area contributed by atoms with E-state index in [0.29, 0.717) is 12.4 Å². The third kappa shape index (κ3) is 4.87. The van der Waals surface area contributed by atoms with Gasteiger partial charge in [-0.3, -0.25) is 0 Å². The smallest absolute Gasteiger partial charge is 0.146 e. The highest BCUT2D eigenvalue weighted by Gasteiger charge is 2.23. The molecule has 0 unspecified atom stereocenters. The maximum absolute atomic E-state index is 6.48. The van der Waals surface area contributed by atoms with E-state index in [1.165, 1.54) is 18.4 Å². The van der Waals surface area contributed by atoms with Crippen molar-refractivity contribution in [2.75, 3.05) is 5.73 Å². The van der Waals surface area contributed by atoms with Gasteiger partial charge in [-0.05, 0) is 35.2 Å². The van der Waals surface area contributed by atoms with Crippen molar-refractivity contribution in [1.29, 1.82) is 0 Å². The summed E-state index contributed by atoms with van der Waals surface area (Å²) >= 11 is 0. The van der Waals surface area contributed by atoms with Crippen molar-refractivity contribution in [2.45, 2.75) is 39.2 Å². The van der Waals surface area contributed by atoms with Crippen molar-refractivity contribution in [2.24, 2.45) is 0 Å². The van der Waals surface area contributed by atoms with Crippen molar-refractivity contribution < 1.29 is 0 Å². The highest BCUT2D eigenvalue weighted by atomic mass is 15.1. The van der Waals surface area contributed by atoms with Crippen LogP contribution in [0.25, 0.3) is 33.4 Å². The van der Waals surface area contributed by atoms with Gasteiger partial charge in [-0.15, -0.1) is 0 Å². The Hall–Kier alpha value is -4.36. The van der Waals surface area contributed by atoms with Gasteiger partial charge >= 0.3 is 0 Å². The third-order valence-electron chi connectivity index (χ3n) is 6.38. The van der Waals surface area contributed by atoms with Crippen LogP contribution >= 0.6 is 0 Å². The Bertz CT molecular complexity index is 1520. The average Bonchev–Trinajstić information content (AvgIpc) is 3.25. The molecule has 0 saturated heterocycles. The molecule has 3 aromatic carbocycles. The van der Waals surface area contributed by atoms with Crippen LogP contribution in [0, 0.1) is 11.8 Å². The van der Waals surface area contributed by atoms with Crippen LogP contribution in [0.1, 0.15) is 43.7 Å². The van der Waals surface area contributed by atoms with Crippen LogP contribution in [-0.4, -0.2) is 14.5 Å². The zero-order valence-corrected chi connectivity index (χ0v) is 20.6. The highest BCUT2D eigenvalue weighted by molar-refractivity contribution is 6.07. The van der Waals surface area contributed by atoms with E-state index >= 15 is 0 Å². The van der Waals surface area contributed by atoms with E-state index in [4.69, 9.17) is 10.7 Å². The Balaban J connectivity index is 1.65. The number of hydrogen-bond acceptors (Lipinski definition) is 3. The lowest BCUT2D eigenvalue weighted by Gasteiger charge is -2.13. The Kier molecular flexibility index (Phi) is 7.10. The molecule has 0 aliphatic carbocycles. The van der Waals surface area contributed by atoms with Crippen molar-refractivity contribution in [3.63, 3.8) is 0 Å². The molecule has 0 amide bonds. The van der Waals surface area contributed by atoms with Gasteiger partial charge in [0.1, 0.15) is 17.8 Å². The summed E-state index contributed by atoms with van der Waals surface area (Å²) in [5, 5.41) is 0.884. The van der Waals surface area contributed by atoms with Crippen molar-refractivity contribution in [3.8, 4) is 34.2 Å². The van der Waals surface area contributed by atoms with Gasteiger partial charge in [0, 0.05) is 24.1 Å². The van der Waals surface area contributed by atoms with Crippen LogP contribution in [0.15, 0.2) is 91.3 Å². The van der Waals surface area contributed by atoms with Crippen LogP contribution in [0.5, 0.6) is 0 Å². The summed E-state index contributed by atoms with van der Waals surface area (Å²) in [5.41, 5.74) is 13.9. The molecule has 2 heterocycles. The summed E-state index contributed by atoms with van der Waals surface area (Å²) in [5.74, 6) is 7.17. The lowest BCUT2D eigenvalue weighted by atomic mass is 9.99. The van der Waals surface area contributed by atoms with Gasteiger partial charge in [0.2, 0.25) is 0 Å². The van der Waals surface area contributed by atoms with Gasteiger partial charge in [0.05, 0.1) is 11.1 Å². The molecule has 178 valence electrons. The summed E-state index contributed by atoms with van der Waals surface area (Å²) in [6.07, 6.45) is 6.09. The minimum absolute atomic E-state index is 0.487. The van der Waals surface area contributed by atoms with Crippen molar-refractivity contribution >= 4 is 16.9 Å². The Morgan fingerprint density at radius 3 is 2.33 bits per heavy atom. The molecule has 0 saturated carbocycles. The van der Waals surface area contributed by atoms with Gasteiger partial charge in [-0.2, -0.15) is 0 Å². The molecule has 2 aromatic heterocycles. The van der Waals surface area contributed by atoms with Gasteiger partial charge in [-0.25, -0.2) is 9.97 Å². The van der Waals surface area contributed by atoms with E-state index in [0.717, 1.165) is 51.8 Å². The number of nitrogen functional groups attached to an aromatic ring is 1.